The molecule has 0 aromatic heterocycles. The SMILES string of the molecule is CCCCCCC/C=C\C/C=C\C/C=C\CCCCCCCCCCCCCCCCCCCCCCCCCCCCC(=O)OC(CO)COC(=O)CCCCCCCCCCCCCCCCCCC/C=C\C/C=C\CCCCCCC. The molecule has 0 aromatic carbocycles. The molecule has 0 amide bonds. The van der Waals surface area contributed by atoms with Crippen LogP contribution in [0.3, 0.4) is 0 Å². The largest absolute Gasteiger partial charge is 0.462 e. The lowest BCUT2D eigenvalue weighted by atomic mass is 10.0. The van der Waals surface area contributed by atoms with Crippen LogP contribution in [0.15, 0.2) is 60.8 Å². The summed E-state index contributed by atoms with van der Waals surface area (Å²) in [6.07, 6.45) is 103. The third kappa shape index (κ3) is 72.1. The number of hydrogen-bond acceptors (Lipinski definition) is 5. The molecule has 0 rings (SSSR count). The Labute approximate surface area is 525 Å². The molecule has 5 nitrogen and oxygen atoms in total. The summed E-state index contributed by atoms with van der Waals surface area (Å²) in [5.74, 6) is -0.567. The van der Waals surface area contributed by atoms with E-state index in [0.717, 1.165) is 57.8 Å². The zero-order valence-corrected chi connectivity index (χ0v) is 56.7. The molecule has 0 saturated carbocycles. The van der Waals surface area contributed by atoms with Crippen molar-refractivity contribution in [1.29, 1.82) is 0 Å². The molecule has 0 spiro atoms. The lowest BCUT2D eigenvalue weighted by molar-refractivity contribution is -0.161. The van der Waals surface area contributed by atoms with Gasteiger partial charge in [0.15, 0.2) is 6.10 Å². The first-order valence-corrected chi connectivity index (χ1v) is 37.8. The topological polar surface area (TPSA) is 72.8 Å². The summed E-state index contributed by atoms with van der Waals surface area (Å²) in [6, 6.07) is 0. The summed E-state index contributed by atoms with van der Waals surface area (Å²) in [4.78, 5) is 24.7. The minimum Gasteiger partial charge on any atom is -0.462 e. The van der Waals surface area contributed by atoms with Crippen LogP contribution in [0.2, 0.25) is 0 Å². The van der Waals surface area contributed by atoms with E-state index in [1.54, 1.807) is 0 Å². The number of esters is 2. The van der Waals surface area contributed by atoms with Gasteiger partial charge < -0.3 is 14.6 Å². The predicted octanol–water partition coefficient (Wildman–Crippen LogP) is 26.4. The van der Waals surface area contributed by atoms with Crippen molar-refractivity contribution in [2.75, 3.05) is 13.2 Å². The van der Waals surface area contributed by atoms with Gasteiger partial charge in [-0.1, -0.05) is 376 Å². The van der Waals surface area contributed by atoms with Crippen molar-refractivity contribution >= 4 is 11.9 Å². The Hall–Kier alpha value is -2.40. The molecule has 0 aliphatic carbocycles. The van der Waals surface area contributed by atoms with Crippen molar-refractivity contribution < 1.29 is 24.2 Å². The van der Waals surface area contributed by atoms with Crippen molar-refractivity contribution in [1.82, 2.24) is 0 Å². The molecule has 492 valence electrons. The minimum atomic E-state index is -0.772. The van der Waals surface area contributed by atoms with Gasteiger partial charge in [-0.25, -0.2) is 0 Å². The van der Waals surface area contributed by atoms with Crippen molar-refractivity contribution in [3.05, 3.63) is 60.8 Å². The average Bonchev–Trinajstić information content (AvgIpc) is 3.51. The summed E-state index contributed by atoms with van der Waals surface area (Å²) in [7, 11) is 0. The first-order chi connectivity index (χ1) is 41.6. The van der Waals surface area contributed by atoms with Gasteiger partial charge in [-0.2, -0.15) is 0 Å². The molecule has 1 N–H and O–H groups in total. The van der Waals surface area contributed by atoms with E-state index in [-0.39, 0.29) is 25.2 Å². The highest BCUT2D eigenvalue weighted by Crippen LogP contribution is 2.19. The fourth-order valence-electron chi connectivity index (χ4n) is 11.6. The smallest absolute Gasteiger partial charge is 0.306 e. The molecular formula is C79H146O5. The van der Waals surface area contributed by atoms with E-state index in [2.05, 4.69) is 74.6 Å². The lowest BCUT2D eigenvalue weighted by Crippen LogP contribution is -2.28. The van der Waals surface area contributed by atoms with E-state index in [0.29, 0.717) is 12.8 Å². The Bertz CT molecular complexity index is 1430. The van der Waals surface area contributed by atoms with Crippen LogP contribution in [0.4, 0.5) is 0 Å². The van der Waals surface area contributed by atoms with Crippen molar-refractivity contribution in [2.24, 2.45) is 0 Å². The number of aliphatic hydroxyl groups excluding tert-OH is 1. The van der Waals surface area contributed by atoms with Gasteiger partial charge in [0, 0.05) is 12.8 Å². The van der Waals surface area contributed by atoms with E-state index in [9.17, 15) is 14.7 Å². The molecule has 0 saturated heterocycles. The van der Waals surface area contributed by atoms with Crippen LogP contribution in [0.5, 0.6) is 0 Å². The number of carbonyl (C=O) groups excluding carboxylic acids is 2. The highest BCUT2D eigenvalue weighted by molar-refractivity contribution is 5.70. The number of unbranched alkanes of at least 4 members (excludes halogenated alkanes) is 53. The fraction of sp³-hybridized carbons (Fsp3) is 0.848. The maximum absolute atomic E-state index is 12.4. The first kappa shape index (κ1) is 81.6. The second-order valence-corrected chi connectivity index (χ2v) is 25.7. The average molecular weight is 1180 g/mol. The van der Waals surface area contributed by atoms with E-state index in [4.69, 9.17) is 9.47 Å². The molecule has 1 unspecified atom stereocenters. The zero-order chi connectivity index (χ0) is 60.5. The minimum absolute atomic E-state index is 0.0607. The van der Waals surface area contributed by atoms with Gasteiger partial charge in [-0.05, 0) is 83.5 Å². The zero-order valence-electron chi connectivity index (χ0n) is 56.7. The van der Waals surface area contributed by atoms with Gasteiger partial charge in [-0.3, -0.25) is 9.59 Å². The van der Waals surface area contributed by atoms with E-state index in [1.807, 2.05) is 0 Å². The maximum Gasteiger partial charge on any atom is 0.306 e. The molecule has 84 heavy (non-hydrogen) atoms. The third-order valence-electron chi connectivity index (χ3n) is 17.3. The van der Waals surface area contributed by atoms with E-state index < -0.39 is 6.10 Å². The van der Waals surface area contributed by atoms with Gasteiger partial charge >= 0.3 is 11.9 Å². The molecule has 0 bridgehead atoms. The number of aliphatic hydroxyl groups is 1. The Morgan fingerprint density at radius 2 is 0.476 bits per heavy atom. The third-order valence-corrected chi connectivity index (χ3v) is 17.3. The van der Waals surface area contributed by atoms with Gasteiger partial charge in [0.2, 0.25) is 0 Å². The van der Waals surface area contributed by atoms with Crippen molar-refractivity contribution in [2.45, 2.75) is 418 Å². The second kappa shape index (κ2) is 74.9. The van der Waals surface area contributed by atoms with E-state index in [1.165, 1.54) is 327 Å². The summed E-state index contributed by atoms with van der Waals surface area (Å²) in [6.45, 7) is 4.17. The highest BCUT2D eigenvalue weighted by Gasteiger charge is 2.16. The number of ether oxygens (including phenoxy) is 2. The van der Waals surface area contributed by atoms with Crippen LogP contribution in [-0.4, -0.2) is 36.4 Å². The Kier molecular flexibility index (Phi) is 72.7. The quantitative estimate of drug-likeness (QED) is 0.0373. The standard InChI is InChI=1S/C79H146O5/c1-3-5-7-9-11-13-15-17-19-21-23-25-27-29-31-33-34-35-36-37-38-39-40-41-42-43-44-46-48-50-52-54-56-58-60-62-64-66-68-70-72-74-79(82)84-77(75-80)76-83-78(81)73-71-69-67-65-63-61-59-57-55-53-51-49-47-45-32-30-28-26-24-22-20-18-16-14-12-10-8-6-4-2/h15-18,21-24,27,29,77,80H,3-14,19-20,25-26,28,30-76H2,1-2H3/b17-15-,18-16-,23-21-,24-22-,29-27-. The molecule has 0 aliphatic heterocycles. The molecule has 0 heterocycles. The first-order valence-electron chi connectivity index (χ1n) is 37.8. The molecular weight excluding hydrogens is 1030 g/mol. The van der Waals surface area contributed by atoms with Crippen LogP contribution in [0.25, 0.3) is 0 Å². The summed E-state index contributed by atoms with van der Waals surface area (Å²) in [5, 5.41) is 9.72. The molecule has 0 radical (unpaired) electrons. The highest BCUT2D eigenvalue weighted by atomic mass is 16.6. The fourth-order valence-corrected chi connectivity index (χ4v) is 11.6. The van der Waals surface area contributed by atoms with Gasteiger partial charge in [0.25, 0.3) is 0 Å². The Morgan fingerprint density at radius 3 is 0.714 bits per heavy atom. The maximum atomic E-state index is 12.4. The lowest BCUT2D eigenvalue weighted by Gasteiger charge is -2.15. The van der Waals surface area contributed by atoms with Crippen LogP contribution in [0, 0.1) is 0 Å². The molecule has 1 atom stereocenters. The van der Waals surface area contributed by atoms with Crippen LogP contribution < -0.4 is 0 Å². The van der Waals surface area contributed by atoms with Crippen LogP contribution >= 0.6 is 0 Å². The van der Waals surface area contributed by atoms with Gasteiger partial charge in [-0.15, -0.1) is 0 Å². The van der Waals surface area contributed by atoms with Crippen LogP contribution in [-0.2, 0) is 19.1 Å². The molecule has 0 aliphatic rings. The Morgan fingerprint density at radius 1 is 0.274 bits per heavy atom. The second-order valence-electron chi connectivity index (χ2n) is 25.7. The molecule has 0 fully saturated rings. The number of allylic oxidation sites excluding steroid dienone is 10. The normalized spacial score (nSPS) is 12.5. The van der Waals surface area contributed by atoms with Gasteiger partial charge in [0.1, 0.15) is 6.61 Å². The van der Waals surface area contributed by atoms with Gasteiger partial charge in [0.05, 0.1) is 6.61 Å². The molecule has 0 aromatic rings. The number of hydrogen-bond donors (Lipinski definition) is 1. The van der Waals surface area contributed by atoms with Crippen LogP contribution in [0.1, 0.15) is 412 Å². The summed E-state index contributed by atoms with van der Waals surface area (Å²) < 4.78 is 10.8. The Balaban J connectivity index is 3.38. The number of rotatable bonds is 71. The van der Waals surface area contributed by atoms with Crippen molar-refractivity contribution in [3.8, 4) is 0 Å². The predicted molar refractivity (Wildman–Crippen MR) is 371 cm³/mol. The summed E-state index contributed by atoms with van der Waals surface area (Å²) >= 11 is 0. The summed E-state index contributed by atoms with van der Waals surface area (Å²) in [5.41, 5.74) is 0. The van der Waals surface area contributed by atoms with E-state index >= 15 is 0 Å². The molecule has 5 heteroatoms. The van der Waals surface area contributed by atoms with Crippen molar-refractivity contribution in [3.63, 3.8) is 0 Å². The number of carbonyl (C=O) groups is 2. The monoisotopic (exact) mass is 1180 g/mol.